The van der Waals surface area contributed by atoms with E-state index in [4.69, 9.17) is 5.11 Å². The van der Waals surface area contributed by atoms with Gasteiger partial charge in [-0.2, -0.15) is 0 Å². The number of carboxylic acids is 1. The van der Waals surface area contributed by atoms with Gasteiger partial charge in [-0.25, -0.2) is 4.79 Å². The van der Waals surface area contributed by atoms with E-state index in [-0.39, 0.29) is 12.5 Å². The molecule has 0 aromatic carbocycles. The molecule has 0 fully saturated rings. The summed E-state index contributed by atoms with van der Waals surface area (Å²) in [5, 5.41) is 14.1. The molecule has 6 heteroatoms. The van der Waals surface area contributed by atoms with Crippen LogP contribution in [0.25, 0.3) is 0 Å². The standard InChI is InChI=1S/C14H29N3O3/c1-12(2)17(3)11-10-16-14(20)15-9-7-5-4-6-8-13(18)19/h12H,4-11H2,1-3H3,(H,18,19)(H2,15,16,20). The fourth-order valence-corrected chi connectivity index (χ4v) is 1.62. The van der Waals surface area contributed by atoms with Gasteiger partial charge in [0, 0.05) is 32.1 Å². The number of nitrogens with one attached hydrogen (secondary N) is 2. The van der Waals surface area contributed by atoms with Crippen LogP contribution in [-0.4, -0.2) is 54.7 Å². The lowest BCUT2D eigenvalue weighted by Gasteiger charge is -2.20. The van der Waals surface area contributed by atoms with Crippen LogP contribution in [0.4, 0.5) is 4.79 Å². The van der Waals surface area contributed by atoms with Crippen molar-refractivity contribution in [3.8, 4) is 0 Å². The van der Waals surface area contributed by atoms with E-state index in [1.807, 2.05) is 7.05 Å². The van der Waals surface area contributed by atoms with Crippen LogP contribution in [0, 0.1) is 0 Å². The zero-order valence-corrected chi connectivity index (χ0v) is 12.9. The first kappa shape index (κ1) is 18.7. The van der Waals surface area contributed by atoms with Gasteiger partial charge in [0.25, 0.3) is 0 Å². The quantitative estimate of drug-likeness (QED) is 0.505. The van der Waals surface area contributed by atoms with Gasteiger partial charge in [-0.3, -0.25) is 4.79 Å². The first-order valence-corrected chi connectivity index (χ1v) is 7.37. The molecule has 0 aromatic rings. The molecule has 0 bridgehead atoms. The number of carboxylic acid groups (broad SMARTS) is 1. The molecule has 0 aliphatic rings. The van der Waals surface area contributed by atoms with Crippen LogP contribution in [0.15, 0.2) is 0 Å². The number of carbonyl (C=O) groups excluding carboxylic acids is 1. The fourth-order valence-electron chi connectivity index (χ4n) is 1.62. The highest BCUT2D eigenvalue weighted by atomic mass is 16.4. The largest absolute Gasteiger partial charge is 0.481 e. The number of hydrogen-bond acceptors (Lipinski definition) is 3. The Bertz CT molecular complexity index is 283. The van der Waals surface area contributed by atoms with Crippen LogP contribution in [0.2, 0.25) is 0 Å². The number of nitrogens with zero attached hydrogens (tertiary/aromatic N) is 1. The van der Waals surface area contributed by atoms with Crippen LogP contribution >= 0.6 is 0 Å². The van der Waals surface area contributed by atoms with Crippen molar-refractivity contribution in [2.45, 2.75) is 52.0 Å². The molecule has 0 saturated carbocycles. The molecule has 0 aromatic heterocycles. The predicted octanol–water partition coefficient (Wildman–Crippen LogP) is 1.66. The number of unbranched alkanes of at least 4 members (excludes halogenated alkanes) is 3. The van der Waals surface area contributed by atoms with Crippen LogP contribution in [0.5, 0.6) is 0 Å². The van der Waals surface area contributed by atoms with Gasteiger partial charge < -0.3 is 20.6 Å². The van der Waals surface area contributed by atoms with Crippen LogP contribution in [-0.2, 0) is 4.79 Å². The number of aliphatic carboxylic acids is 1. The van der Waals surface area contributed by atoms with Crippen LogP contribution in [0.3, 0.4) is 0 Å². The maximum Gasteiger partial charge on any atom is 0.314 e. The van der Waals surface area contributed by atoms with Crippen molar-refractivity contribution in [2.24, 2.45) is 0 Å². The van der Waals surface area contributed by atoms with E-state index < -0.39 is 5.97 Å². The molecule has 0 rings (SSSR count). The fraction of sp³-hybridized carbons (Fsp3) is 0.857. The van der Waals surface area contributed by atoms with Crippen LogP contribution < -0.4 is 10.6 Å². The van der Waals surface area contributed by atoms with Crippen molar-refractivity contribution in [1.29, 1.82) is 0 Å². The van der Waals surface area contributed by atoms with Crippen LogP contribution in [0.1, 0.15) is 46.0 Å². The average molecular weight is 287 g/mol. The van der Waals surface area contributed by atoms with Crippen molar-refractivity contribution >= 4 is 12.0 Å². The third-order valence-electron chi connectivity index (χ3n) is 3.23. The summed E-state index contributed by atoms with van der Waals surface area (Å²) < 4.78 is 0. The smallest absolute Gasteiger partial charge is 0.314 e. The average Bonchev–Trinajstić information content (AvgIpc) is 2.36. The Labute approximate surface area is 121 Å². The zero-order valence-electron chi connectivity index (χ0n) is 12.9. The Hall–Kier alpha value is -1.30. The summed E-state index contributed by atoms with van der Waals surface area (Å²) in [7, 11) is 2.03. The minimum atomic E-state index is -0.742. The summed E-state index contributed by atoms with van der Waals surface area (Å²) in [4.78, 5) is 23.9. The topological polar surface area (TPSA) is 81.7 Å². The van der Waals surface area contributed by atoms with E-state index in [9.17, 15) is 9.59 Å². The van der Waals surface area contributed by atoms with E-state index in [0.29, 0.717) is 25.6 Å². The molecule has 20 heavy (non-hydrogen) atoms. The lowest BCUT2D eigenvalue weighted by Crippen LogP contribution is -2.41. The predicted molar refractivity (Wildman–Crippen MR) is 79.9 cm³/mol. The van der Waals surface area contributed by atoms with Gasteiger partial charge in [0.1, 0.15) is 0 Å². The minimum Gasteiger partial charge on any atom is -0.481 e. The lowest BCUT2D eigenvalue weighted by atomic mass is 10.1. The summed E-state index contributed by atoms with van der Waals surface area (Å²) in [6, 6.07) is 0.346. The van der Waals surface area contributed by atoms with Crippen molar-refractivity contribution in [1.82, 2.24) is 15.5 Å². The van der Waals surface area contributed by atoms with Crippen molar-refractivity contribution in [2.75, 3.05) is 26.7 Å². The van der Waals surface area contributed by atoms with Gasteiger partial charge in [-0.15, -0.1) is 0 Å². The molecule has 0 unspecified atom stereocenters. The first-order valence-electron chi connectivity index (χ1n) is 7.37. The molecule has 0 aliphatic heterocycles. The normalized spacial score (nSPS) is 10.8. The highest BCUT2D eigenvalue weighted by molar-refractivity contribution is 5.73. The number of rotatable bonds is 11. The Morgan fingerprint density at radius 1 is 1.05 bits per heavy atom. The molecule has 3 N–H and O–H groups in total. The highest BCUT2D eigenvalue weighted by Crippen LogP contribution is 2.01. The SMILES string of the molecule is CC(C)N(C)CCNC(=O)NCCCCCCC(=O)O. The number of hydrogen-bond donors (Lipinski definition) is 3. The number of amides is 2. The number of carbonyl (C=O) groups is 2. The Balaban J connectivity index is 3.35. The zero-order chi connectivity index (χ0) is 15.4. The van der Waals surface area contributed by atoms with Crippen molar-refractivity contribution < 1.29 is 14.7 Å². The second-order valence-electron chi connectivity index (χ2n) is 5.31. The Morgan fingerprint density at radius 3 is 2.25 bits per heavy atom. The van der Waals surface area contributed by atoms with Gasteiger partial charge in [-0.1, -0.05) is 12.8 Å². The molecule has 2 amide bonds. The molecule has 118 valence electrons. The molecule has 0 heterocycles. The van der Waals surface area contributed by atoms with Gasteiger partial charge in [-0.05, 0) is 33.7 Å². The molecular formula is C14H29N3O3. The van der Waals surface area contributed by atoms with E-state index in [2.05, 4.69) is 29.4 Å². The first-order chi connectivity index (χ1) is 9.43. The maximum atomic E-state index is 11.5. The molecular weight excluding hydrogens is 258 g/mol. The summed E-state index contributed by atoms with van der Waals surface area (Å²) in [6.07, 6.45) is 3.68. The second kappa shape index (κ2) is 11.5. The summed E-state index contributed by atoms with van der Waals surface area (Å²) >= 11 is 0. The van der Waals surface area contributed by atoms with E-state index >= 15 is 0 Å². The van der Waals surface area contributed by atoms with Gasteiger partial charge in [0.15, 0.2) is 0 Å². The third-order valence-corrected chi connectivity index (χ3v) is 3.23. The second-order valence-corrected chi connectivity index (χ2v) is 5.31. The molecule has 0 aliphatic carbocycles. The van der Waals surface area contributed by atoms with Crippen molar-refractivity contribution in [3.05, 3.63) is 0 Å². The maximum absolute atomic E-state index is 11.5. The molecule has 0 spiro atoms. The highest BCUT2D eigenvalue weighted by Gasteiger charge is 2.04. The van der Waals surface area contributed by atoms with E-state index in [1.165, 1.54) is 0 Å². The Kier molecular flexibility index (Phi) is 10.8. The lowest BCUT2D eigenvalue weighted by molar-refractivity contribution is -0.137. The summed E-state index contributed by atoms with van der Waals surface area (Å²) in [6.45, 7) is 6.34. The molecule has 0 radical (unpaired) electrons. The van der Waals surface area contributed by atoms with E-state index in [0.717, 1.165) is 25.8 Å². The Morgan fingerprint density at radius 2 is 1.65 bits per heavy atom. The molecule has 0 saturated heterocycles. The number of likely N-dealkylation sites (N-methyl/N-ethyl adjacent to an activating group) is 1. The third kappa shape index (κ3) is 11.8. The van der Waals surface area contributed by atoms with Crippen molar-refractivity contribution in [3.63, 3.8) is 0 Å². The van der Waals surface area contributed by atoms with Gasteiger partial charge >= 0.3 is 12.0 Å². The molecule has 0 atom stereocenters. The minimum absolute atomic E-state index is 0.132. The monoisotopic (exact) mass is 287 g/mol. The van der Waals surface area contributed by atoms with Gasteiger partial charge in [0.2, 0.25) is 0 Å². The van der Waals surface area contributed by atoms with Gasteiger partial charge in [0.05, 0.1) is 0 Å². The summed E-state index contributed by atoms with van der Waals surface area (Å²) in [5.74, 6) is -0.742. The molecule has 6 nitrogen and oxygen atoms in total. The number of urea groups is 1. The van der Waals surface area contributed by atoms with E-state index in [1.54, 1.807) is 0 Å². The summed E-state index contributed by atoms with van der Waals surface area (Å²) in [5.41, 5.74) is 0.